The summed E-state index contributed by atoms with van der Waals surface area (Å²) in [7, 11) is -6.30. The fraction of sp³-hybridized carbons (Fsp3) is 1.00. The highest BCUT2D eigenvalue weighted by molar-refractivity contribution is 6.75. The van der Waals surface area contributed by atoms with E-state index in [1.54, 1.807) is 0 Å². The first-order valence-corrected chi connectivity index (χ1v) is 24.9. The summed E-state index contributed by atoms with van der Waals surface area (Å²) in [5.41, 5.74) is -0.768. The SMILES string of the molecule is C[C@@H]1C[C@H](O[Si](C)(C)C(C)(C)C)[C@H](O[Si](C)(C)C(C)(C)C)[C@@]2(C)[C@@H](O[Si](C)(C)C(C)(C)C)C[C@@H]3C[C@]12OC3(C)C. The molecule has 3 aliphatic rings. The van der Waals surface area contributed by atoms with Crippen LogP contribution in [0.3, 0.4) is 0 Å². The first-order valence-electron chi connectivity index (χ1n) is 16.2. The Bertz CT molecular complexity index is 939. The maximum absolute atomic E-state index is 7.67. The third-order valence-corrected chi connectivity index (χ3v) is 26.5. The molecule has 1 spiro atoms. The third-order valence-electron chi connectivity index (χ3n) is 13.1. The molecule has 3 fully saturated rings. The summed E-state index contributed by atoms with van der Waals surface area (Å²) in [5.74, 6) is 0.853. The largest absolute Gasteiger partial charge is 0.413 e. The zero-order valence-electron chi connectivity index (χ0n) is 30.1. The maximum atomic E-state index is 7.67. The van der Waals surface area contributed by atoms with Crippen LogP contribution in [0.5, 0.6) is 0 Å². The highest BCUT2D eigenvalue weighted by atomic mass is 28.4. The van der Waals surface area contributed by atoms with Gasteiger partial charge in [-0.25, -0.2) is 0 Å². The van der Waals surface area contributed by atoms with E-state index >= 15 is 0 Å². The van der Waals surface area contributed by atoms with E-state index in [1.807, 2.05) is 0 Å². The van der Waals surface area contributed by atoms with Crippen LogP contribution in [-0.2, 0) is 18.0 Å². The molecule has 3 rings (SSSR count). The predicted octanol–water partition coefficient (Wildman–Crippen LogP) is 10.2. The molecule has 7 heteroatoms. The summed E-state index contributed by atoms with van der Waals surface area (Å²) in [6.07, 6.45) is 3.17. The molecule has 0 N–H and O–H groups in total. The molecule has 2 saturated carbocycles. The van der Waals surface area contributed by atoms with Crippen molar-refractivity contribution in [2.45, 2.75) is 193 Å². The van der Waals surface area contributed by atoms with E-state index in [2.05, 4.69) is 129 Å². The van der Waals surface area contributed by atoms with Crippen molar-refractivity contribution in [1.82, 2.24) is 0 Å². The summed E-state index contributed by atoms with van der Waals surface area (Å²) < 4.78 is 30.1. The van der Waals surface area contributed by atoms with Crippen molar-refractivity contribution in [3.63, 3.8) is 0 Å². The molecule has 0 aromatic carbocycles. The molecule has 0 amide bonds. The molecule has 0 aromatic heterocycles. The van der Waals surface area contributed by atoms with Crippen LogP contribution in [0.25, 0.3) is 0 Å². The molecule has 2 bridgehead atoms. The van der Waals surface area contributed by atoms with E-state index in [0.717, 1.165) is 19.3 Å². The Morgan fingerprint density at radius 3 is 1.52 bits per heavy atom. The van der Waals surface area contributed by atoms with Crippen molar-refractivity contribution in [1.29, 1.82) is 0 Å². The topological polar surface area (TPSA) is 36.9 Å². The molecule has 0 unspecified atom stereocenters. The van der Waals surface area contributed by atoms with Gasteiger partial charge in [-0.2, -0.15) is 0 Å². The van der Waals surface area contributed by atoms with Gasteiger partial charge < -0.3 is 18.0 Å². The summed E-state index contributed by atoms with van der Waals surface area (Å²) in [6, 6.07) is 0. The first kappa shape index (κ1) is 35.0. The van der Waals surface area contributed by atoms with E-state index in [-0.39, 0.29) is 50.0 Å². The standard InChI is InChI=1S/C33H68O4Si3/c1-23-20-25(34-38(14,15)28(2,3)4)27(36-40(18,19)30(8,9)10)32(13)26(35-39(16,17)29(5,6)7)21-24-22-33(23,32)37-31(24,11)12/h23-27H,20-22H2,1-19H3/t23-,24-,25+,26+,27+,32-,33+/m1/s1. The fourth-order valence-electron chi connectivity index (χ4n) is 7.04. The molecule has 7 atom stereocenters. The minimum Gasteiger partial charge on any atom is -0.413 e. The van der Waals surface area contributed by atoms with Crippen LogP contribution in [0.4, 0.5) is 0 Å². The predicted molar refractivity (Wildman–Crippen MR) is 179 cm³/mol. The first-order chi connectivity index (χ1) is 17.5. The molecule has 0 aromatic rings. The average Bonchev–Trinajstić information content (AvgIpc) is 2.94. The van der Waals surface area contributed by atoms with Crippen LogP contribution in [0.2, 0.25) is 54.4 Å². The Morgan fingerprint density at radius 2 is 1.07 bits per heavy atom. The molecule has 1 aliphatic heterocycles. The van der Waals surface area contributed by atoms with Crippen molar-refractivity contribution in [3.05, 3.63) is 0 Å². The molecule has 236 valence electrons. The number of ether oxygens (including phenoxy) is 1. The van der Waals surface area contributed by atoms with Gasteiger partial charge >= 0.3 is 0 Å². The molecular weight excluding hydrogens is 545 g/mol. The van der Waals surface area contributed by atoms with Gasteiger partial charge in [-0.3, -0.25) is 0 Å². The molecule has 1 saturated heterocycles. The Hall–Kier alpha value is 0.491. The summed E-state index contributed by atoms with van der Waals surface area (Å²) in [5, 5.41) is 0.370. The number of fused-ring (bicyclic) bond motifs is 1. The van der Waals surface area contributed by atoms with Gasteiger partial charge in [0, 0.05) is 5.41 Å². The normalized spacial score (nSPS) is 37.4. The highest BCUT2D eigenvalue weighted by Gasteiger charge is 2.75. The highest BCUT2D eigenvalue weighted by Crippen LogP contribution is 2.68. The number of hydrogen-bond donors (Lipinski definition) is 0. The van der Waals surface area contributed by atoms with Gasteiger partial charge in [0.15, 0.2) is 25.0 Å². The van der Waals surface area contributed by atoms with Crippen LogP contribution >= 0.6 is 0 Å². The summed E-state index contributed by atoms with van der Waals surface area (Å²) in [6.45, 7) is 45.3. The van der Waals surface area contributed by atoms with Crippen molar-refractivity contribution < 1.29 is 18.0 Å². The van der Waals surface area contributed by atoms with Gasteiger partial charge in [-0.05, 0) is 99.3 Å². The van der Waals surface area contributed by atoms with Crippen molar-refractivity contribution in [2.75, 3.05) is 0 Å². The van der Waals surface area contributed by atoms with Crippen LogP contribution in [0.15, 0.2) is 0 Å². The Balaban J connectivity index is 2.27. The lowest BCUT2D eigenvalue weighted by Gasteiger charge is -2.65. The average molecular weight is 613 g/mol. The van der Waals surface area contributed by atoms with Gasteiger partial charge in [-0.15, -0.1) is 0 Å². The zero-order valence-corrected chi connectivity index (χ0v) is 33.1. The van der Waals surface area contributed by atoms with E-state index < -0.39 is 25.0 Å². The lowest BCUT2D eigenvalue weighted by Crippen LogP contribution is -2.74. The molecule has 40 heavy (non-hydrogen) atoms. The molecule has 1 heterocycles. The minimum absolute atomic E-state index is 0.0371. The lowest BCUT2D eigenvalue weighted by atomic mass is 9.50. The van der Waals surface area contributed by atoms with Gasteiger partial charge in [0.05, 0.1) is 29.5 Å². The van der Waals surface area contributed by atoms with Crippen LogP contribution < -0.4 is 0 Å². The summed E-state index contributed by atoms with van der Waals surface area (Å²) in [4.78, 5) is 0. The Morgan fingerprint density at radius 1 is 0.650 bits per heavy atom. The van der Waals surface area contributed by atoms with Gasteiger partial charge in [0.2, 0.25) is 0 Å². The van der Waals surface area contributed by atoms with Crippen LogP contribution in [0.1, 0.15) is 109 Å². The van der Waals surface area contributed by atoms with E-state index in [0.29, 0.717) is 11.8 Å². The van der Waals surface area contributed by atoms with Crippen LogP contribution in [0, 0.1) is 17.3 Å². The van der Waals surface area contributed by atoms with Crippen LogP contribution in [-0.4, -0.2) is 54.5 Å². The molecule has 2 aliphatic carbocycles. The smallest absolute Gasteiger partial charge is 0.192 e. The zero-order chi connectivity index (χ0) is 31.3. The van der Waals surface area contributed by atoms with Gasteiger partial charge in [0.1, 0.15) is 0 Å². The quantitative estimate of drug-likeness (QED) is 0.280. The number of hydrogen-bond acceptors (Lipinski definition) is 4. The van der Waals surface area contributed by atoms with Crippen molar-refractivity contribution >= 4 is 25.0 Å². The monoisotopic (exact) mass is 612 g/mol. The molecular formula is C33H68O4Si3. The second kappa shape index (κ2) is 10.00. The second-order valence-electron chi connectivity index (χ2n) is 19.2. The van der Waals surface area contributed by atoms with Gasteiger partial charge in [0.25, 0.3) is 0 Å². The molecule has 4 nitrogen and oxygen atoms in total. The Kier molecular flexibility index (Phi) is 8.74. The maximum Gasteiger partial charge on any atom is 0.192 e. The van der Waals surface area contributed by atoms with E-state index in [4.69, 9.17) is 18.0 Å². The number of rotatable bonds is 6. The summed E-state index contributed by atoms with van der Waals surface area (Å²) >= 11 is 0. The minimum atomic E-state index is -2.16. The van der Waals surface area contributed by atoms with Gasteiger partial charge in [-0.1, -0.05) is 76.2 Å². The second-order valence-corrected chi connectivity index (χ2v) is 33.5. The van der Waals surface area contributed by atoms with E-state index in [9.17, 15) is 0 Å². The van der Waals surface area contributed by atoms with Crippen molar-refractivity contribution in [2.24, 2.45) is 17.3 Å². The van der Waals surface area contributed by atoms with Crippen molar-refractivity contribution in [3.8, 4) is 0 Å². The third kappa shape index (κ3) is 5.58. The lowest BCUT2D eigenvalue weighted by molar-refractivity contribution is -0.268. The molecule has 0 radical (unpaired) electrons. The Labute approximate surface area is 252 Å². The van der Waals surface area contributed by atoms with E-state index in [1.165, 1.54) is 0 Å². The fourth-order valence-corrected chi connectivity index (χ4v) is 11.2.